The van der Waals surface area contributed by atoms with Crippen molar-refractivity contribution in [3.8, 4) is 0 Å². The summed E-state index contributed by atoms with van der Waals surface area (Å²) < 4.78 is 0. The van der Waals surface area contributed by atoms with E-state index in [9.17, 15) is 10.2 Å². The van der Waals surface area contributed by atoms with Crippen LogP contribution in [-0.4, -0.2) is 39.1 Å². The smallest absolute Gasteiger partial charge is 0.484 e. The number of fused-ring (bicyclic) bond motifs is 1. The van der Waals surface area contributed by atoms with Gasteiger partial charge in [-0.05, 0) is 29.0 Å². The SMILES string of the molecule is CC(C)(C)C(N1[CH-]N(CO)C2=C1C=CC=CC2)(N1[CH-]N(CO)c2ccccc21)C(C)(C)C.[Pt+2]. The molecule has 0 unspecified atom stereocenters. The van der Waals surface area contributed by atoms with Crippen LogP contribution in [0.5, 0.6) is 0 Å². The second kappa shape index (κ2) is 9.13. The summed E-state index contributed by atoms with van der Waals surface area (Å²) in [5.74, 6) is 0. The second-order valence-electron chi connectivity index (χ2n) is 10.7. The molecule has 1 aliphatic carbocycles. The van der Waals surface area contributed by atoms with Gasteiger partial charge < -0.3 is 29.8 Å². The van der Waals surface area contributed by atoms with Crippen LogP contribution >= 0.6 is 0 Å². The Labute approximate surface area is 213 Å². The predicted octanol–water partition coefficient (Wildman–Crippen LogP) is 4.58. The average Bonchev–Trinajstić information content (AvgIpc) is 3.15. The van der Waals surface area contributed by atoms with Gasteiger partial charge in [0, 0.05) is 29.2 Å². The Morgan fingerprint density at radius 1 is 0.818 bits per heavy atom. The summed E-state index contributed by atoms with van der Waals surface area (Å²) in [4.78, 5) is 8.50. The molecule has 2 heterocycles. The maximum absolute atomic E-state index is 10.2. The normalized spacial score (nSPS) is 18.5. The Balaban J connectivity index is 0.00000306. The fourth-order valence-electron chi connectivity index (χ4n) is 5.97. The van der Waals surface area contributed by atoms with E-state index in [1.807, 2.05) is 34.7 Å². The molecule has 0 saturated carbocycles. The molecule has 182 valence electrons. The van der Waals surface area contributed by atoms with Gasteiger partial charge in [0.2, 0.25) is 0 Å². The van der Waals surface area contributed by atoms with Crippen molar-refractivity contribution >= 4 is 11.4 Å². The van der Waals surface area contributed by atoms with E-state index >= 15 is 0 Å². The molecule has 0 atom stereocenters. The average molecular weight is 632 g/mol. The molecule has 1 aromatic carbocycles. The molecule has 0 spiro atoms. The Bertz CT molecular complexity index is 944. The maximum Gasteiger partial charge on any atom is 2.00 e. The molecule has 0 bridgehead atoms. The van der Waals surface area contributed by atoms with Gasteiger partial charge in [0.05, 0.1) is 19.1 Å². The van der Waals surface area contributed by atoms with E-state index in [1.165, 1.54) is 0 Å². The number of para-hydroxylation sites is 2. The Morgan fingerprint density at radius 2 is 1.39 bits per heavy atom. The molecule has 6 nitrogen and oxygen atoms in total. The van der Waals surface area contributed by atoms with Crippen molar-refractivity contribution in [3.63, 3.8) is 0 Å². The van der Waals surface area contributed by atoms with Crippen molar-refractivity contribution in [2.75, 3.05) is 23.3 Å². The predicted molar refractivity (Wildman–Crippen MR) is 129 cm³/mol. The van der Waals surface area contributed by atoms with Crippen LogP contribution in [0.3, 0.4) is 0 Å². The first-order chi connectivity index (χ1) is 15.1. The first-order valence-electron chi connectivity index (χ1n) is 11.3. The van der Waals surface area contributed by atoms with Gasteiger partial charge in [-0.15, -0.1) is 0 Å². The first kappa shape index (κ1) is 25.9. The minimum atomic E-state index is -0.570. The third-order valence-electron chi connectivity index (χ3n) is 6.77. The van der Waals surface area contributed by atoms with E-state index in [2.05, 4.69) is 88.4 Å². The van der Waals surface area contributed by atoms with E-state index in [0.717, 1.165) is 29.2 Å². The number of hydrogen-bond acceptors (Lipinski definition) is 6. The molecule has 1 aromatic rings. The Kier molecular flexibility index (Phi) is 7.15. The monoisotopic (exact) mass is 631 g/mol. The number of aliphatic hydroxyl groups excluding tert-OH is 2. The first-order valence-corrected chi connectivity index (χ1v) is 11.3. The summed E-state index contributed by atoms with van der Waals surface area (Å²) in [5.41, 5.74) is 3.16. The fraction of sp³-hybridized carbons (Fsp3) is 0.462. The molecule has 0 aromatic heterocycles. The molecule has 0 radical (unpaired) electrons. The van der Waals surface area contributed by atoms with Gasteiger partial charge in [-0.2, -0.15) is 13.3 Å². The third-order valence-corrected chi connectivity index (χ3v) is 6.77. The summed E-state index contributed by atoms with van der Waals surface area (Å²) >= 11 is 0. The summed E-state index contributed by atoms with van der Waals surface area (Å²) in [6, 6.07) is 8.22. The van der Waals surface area contributed by atoms with Gasteiger partial charge in [-0.25, -0.2) is 0 Å². The van der Waals surface area contributed by atoms with Crippen molar-refractivity contribution in [3.05, 3.63) is 73.3 Å². The van der Waals surface area contributed by atoms with E-state index in [4.69, 9.17) is 0 Å². The molecular formula is C26H36N4O2Pt. The van der Waals surface area contributed by atoms with Crippen LogP contribution in [-0.2, 0) is 21.1 Å². The molecule has 0 fully saturated rings. The quantitative estimate of drug-likeness (QED) is 0.475. The third kappa shape index (κ3) is 3.84. The molecule has 3 aliphatic rings. The van der Waals surface area contributed by atoms with Crippen molar-refractivity contribution < 1.29 is 31.3 Å². The molecule has 2 N–H and O–H groups in total. The molecular weight excluding hydrogens is 595 g/mol. The Morgan fingerprint density at radius 3 is 1.97 bits per heavy atom. The number of aliphatic hydroxyl groups is 2. The van der Waals surface area contributed by atoms with Gasteiger partial charge in [0.1, 0.15) is 0 Å². The van der Waals surface area contributed by atoms with Gasteiger partial charge >= 0.3 is 21.1 Å². The van der Waals surface area contributed by atoms with Gasteiger partial charge in [-0.3, -0.25) is 0 Å². The van der Waals surface area contributed by atoms with Crippen LogP contribution in [0.4, 0.5) is 11.4 Å². The summed E-state index contributed by atoms with van der Waals surface area (Å²) in [6.07, 6.45) is 9.15. The maximum atomic E-state index is 10.2. The topological polar surface area (TPSA) is 53.4 Å². The number of hydrogen-bond donors (Lipinski definition) is 2. The van der Waals surface area contributed by atoms with Gasteiger partial charge in [0.25, 0.3) is 0 Å². The van der Waals surface area contributed by atoms with Crippen LogP contribution in [0.2, 0.25) is 0 Å². The van der Waals surface area contributed by atoms with Crippen LogP contribution in [0.1, 0.15) is 48.0 Å². The number of rotatable bonds is 4. The molecule has 4 rings (SSSR count). The van der Waals surface area contributed by atoms with Crippen molar-refractivity contribution in [1.82, 2.24) is 9.80 Å². The molecule has 33 heavy (non-hydrogen) atoms. The van der Waals surface area contributed by atoms with Crippen molar-refractivity contribution in [2.24, 2.45) is 10.8 Å². The summed E-state index contributed by atoms with van der Waals surface area (Å²) in [6.45, 7) is 17.5. The van der Waals surface area contributed by atoms with E-state index in [1.54, 1.807) is 0 Å². The molecule has 0 amide bonds. The number of anilines is 2. The van der Waals surface area contributed by atoms with Crippen molar-refractivity contribution in [1.29, 1.82) is 0 Å². The number of nitrogens with zero attached hydrogens (tertiary/aromatic N) is 4. The molecule has 2 aliphatic heterocycles. The summed E-state index contributed by atoms with van der Waals surface area (Å²) in [5, 5.41) is 20.4. The minimum absolute atomic E-state index is 0. The largest absolute Gasteiger partial charge is 2.00 e. The van der Waals surface area contributed by atoms with Gasteiger partial charge in [0.15, 0.2) is 0 Å². The fourth-order valence-corrected chi connectivity index (χ4v) is 5.97. The van der Waals surface area contributed by atoms with Gasteiger partial charge in [-0.1, -0.05) is 71.9 Å². The zero-order valence-corrected chi connectivity index (χ0v) is 22.7. The van der Waals surface area contributed by atoms with Crippen LogP contribution in [0.25, 0.3) is 0 Å². The van der Waals surface area contributed by atoms with E-state index in [-0.39, 0.29) is 45.4 Å². The van der Waals surface area contributed by atoms with Crippen LogP contribution < -0.4 is 9.80 Å². The zero-order valence-electron chi connectivity index (χ0n) is 20.4. The van der Waals surface area contributed by atoms with E-state index < -0.39 is 5.66 Å². The van der Waals surface area contributed by atoms with Crippen LogP contribution in [0.15, 0.2) is 60.0 Å². The summed E-state index contributed by atoms with van der Waals surface area (Å²) in [7, 11) is 0. The van der Waals surface area contributed by atoms with Crippen LogP contribution in [0, 0.1) is 24.2 Å². The number of allylic oxidation sites excluding steroid dienone is 4. The number of benzene rings is 1. The molecule has 7 heteroatoms. The minimum Gasteiger partial charge on any atom is -0.484 e. The zero-order chi connectivity index (χ0) is 23.3. The standard InChI is InChI=1S/C26H36N4O2.Pt/c1-24(2,3)26(25(4,5)6,30-17-28(19-32)21-13-10-11-15-23(21)30)29-16-27(18-31)20-12-8-7-9-14-22(20)29;/h7-11,13-17,31-32H,12,18-19H2,1-6H3;/q-2;+2. The van der Waals surface area contributed by atoms with E-state index in [0.29, 0.717) is 0 Å². The molecule has 0 saturated heterocycles. The van der Waals surface area contributed by atoms with Crippen molar-refractivity contribution in [2.45, 2.75) is 53.6 Å². The second-order valence-corrected chi connectivity index (χ2v) is 10.7. The Hall–Kier alpha value is -1.75.